The van der Waals surface area contributed by atoms with Crippen LogP contribution in [-0.4, -0.2) is 28.3 Å². The van der Waals surface area contributed by atoms with E-state index in [9.17, 15) is 9.59 Å². The van der Waals surface area contributed by atoms with Gasteiger partial charge in [-0.25, -0.2) is 9.89 Å². The van der Waals surface area contributed by atoms with Gasteiger partial charge in [-0.15, -0.1) is 0 Å². The maximum atomic E-state index is 10.6. The van der Waals surface area contributed by atoms with Crippen molar-refractivity contribution in [1.29, 1.82) is 0 Å². The topological polar surface area (TPSA) is 87.8 Å². The number of nitrogens with one attached hydrogen (secondary N) is 2. The predicted molar refractivity (Wildman–Crippen MR) is 34.9 cm³/mol. The number of hydrogen-bond donors (Lipinski definition) is 2. The molecule has 1 heterocycles. The zero-order chi connectivity index (χ0) is 8.27. The number of esters is 1. The number of H-pyrrole nitrogens is 2. The molecule has 0 atom stereocenters. The summed E-state index contributed by atoms with van der Waals surface area (Å²) in [6.07, 6.45) is -0.0186. The first-order valence-corrected chi connectivity index (χ1v) is 2.92. The molecule has 11 heavy (non-hydrogen) atoms. The number of aromatic amines is 2. The normalized spacial score (nSPS) is 9.55. The molecule has 1 aromatic heterocycles. The summed E-state index contributed by atoms with van der Waals surface area (Å²) in [6, 6.07) is 0. The molecule has 0 aromatic carbocycles. The van der Waals surface area contributed by atoms with Gasteiger partial charge < -0.3 is 4.74 Å². The minimum absolute atomic E-state index is 0.0186. The van der Waals surface area contributed by atoms with Crippen molar-refractivity contribution in [1.82, 2.24) is 15.2 Å². The lowest BCUT2D eigenvalue weighted by Crippen LogP contribution is -2.07. The van der Waals surface area contributed by atoms with Gasteiger partial charge in [-0.05, 0) is 0 Å². The minimum atomic E-state index is -0.437. The van der Waals surface area contributed by atoms with Gasteiger partial charge in [-0.1, -0.05) is 0 Å². The molecule has 6 heteroatoms. The van der Waals surface area contributed by atoms with Crippen LogP contribution in [0.1, 0.15) is 5.82 Å². The van der Waals surface area contributed by atoms with Crippen molar-refractivity contribution < 1.29 is 9.53 Å². The molecular formula is C5H7N3O3. The standard InChI is InChI=1S/C5H7N3O3/c1-11-4(9)2-3-6-5(10)8-7-3/h2H2,1H3,(H2,6,7,8,10). The number of aromatic nitrogens is 3. The number of hydrogen-bond acceptors (Lipinski definition) is 4. The Morgan fingerprint density at radius 3 is 2.91 bits per heavy atom. The van der Waals surface area contributed by atoms with Crippen molar-refractivity contribution in [2.75, 3.05) is 7.11 Å². The highest BCUT2D eigenvalue weighted by Crippen LogP contribution is 1.86. The van der Waals surface area contributed by atoms with E-state index in [1.807, 2.05) is 0 Å². The van der Waals surface area contributed by atoms with Crippen LogP contribution >= 0.6 is 0 Å². The van der Waals surface area contributed by atoms with E-state index in [4.69, 9.17) is 0 Å². The SMILES string of the molecule is COC(=O)Cc1n[nH]c(=O)[nH]1. The lowest BCUT2D eigenvalue weighted by molar-refractivity contribution is -0.139. The Hall–Kier alpha value is -1.59. The van der Waals surface area contributed by atoms with Crippen LogP contribution in [0, 0.1) is 0 Å². The molecule has 0 fully saturated rings. The molecule has 0 aliphatic carbocycles. The van der Waals surface area contributed by atoms with Gasteiger partial charge in [-0.2, -0.15) is 5.10 Å². The van der Waals surface area contributed by atoms with E-state index in [-0.39, 0.29) is 12.2 Å². The largest absolute Gasteiger partial charge is 0.469 e. The van der Waals surface area contributed by atoms with Crippen LogP contribution in [-0.2, 0) is 16.0 Å². The Balaban J connectivity index is 2.65. The lowest BCUT2D eigenvalue weighted by Gasteiger charge is -1.92. The van der Waals surface area contributed by atoms with E-state index in [2.05, 4.69) is 19.9 Å². The van der Waals surface area contributed by atoms with Crippen LogP contribution in [0.3, 0.4) is 0 Å². The first-order valence-electron chi connectivity index (χ1n) is 2.92. The van der Waals surface area contributed by atoms with Gasteiger partial charge in [0.25, 0.3) is 0 Å². The molecule has 0 radical (unpaired) electrons. The van der Waals surface area contributed by atoms with E-state index in [1.54, 1.807) is 0 Å². The molecule has 6 nitrogen and oxygen atoms in total. The first-order chi connectivity index (χ1) is 5.22. The molecule has 0 aliphatic heterocycles. The summed E-state index contributed by atoms with van der Waals surface area (Å²) < 4.78 is 4.35. The molecule has 60 valence electrons. The number of carbonyl (C=O) groups excluding carboxylic acids is 1. The Morgan fingerprint density at radius 2 is 2.45 bits per heavy atom. The summed E-state index contributed by atoms with van der Waals surface area (Å²) in [5.74, 6) is -0.158. The Labute approximate surface area is 61.6 Å². The summed E-state index contributed by atoms with van der Waals surface area (Å²) in [6.45, 7) is 0. The van der Waals surface area contributed by atoms with Gasteiger partial charge in [0.2, 0.25) is 0 Å². The quantitative estimate of drug-likeness (QED) is 0.528. The van der Waals surface area contributed by atoms with E-state index in [0.717, 1.165) is 0 Å². The van der Waals surface area contributed by atoms with Crippen LogP contribution in [0.2, 0.25) is 0 Å². The van der Waals surface area contributed by atoms with E-state index < -0.39 is 11.7 Å². The van der Waals surface area contributed by atoms with Gasteiger partial charge in [0, 0.05) is 0 Å². The number of methoxy groups -OCH3 is 1. The summed E-state index contributed by atoms with van der Waals surface area (Å²) >= 11 is 0. The third-order valence-corrected chi connectivity index (χ3v) is 1.09. The second-order valence-corrected chi connectivity index (χ2v) is 1.88. The molecule has 0 saturated carbocycles. The van der Waals surface area contributed by atoms with Crippen molar-refractivity contribution in [3.05, 3.63) is 16.3 Å². The van der Waals surface area contributed by atoms with Crippen LogP contribution in [0.5, 0.6) is 0 Å². The highest BCUT2D eigenvalue weighted by molar-refractivity contribution is 5.71. The fraction of sp³-hybridized carbons (Fsp3) is 0.400. The Bertz CT molecular complexity index is 300. The van der Waals surface area contributed by atoms with Gasteiger partial charge in [0.05, 0.1) is 7.11 Å². The number of rotatable bonds is 2. The summed E-state index contributed by atoms with van der Waals surface area (Å²) in [7, 11) is 1.27. The maximum absolute atomic E-state index is 10.6. The second kappa shape index (κ2) is 3.00. The Kier molecular flexibility index (Phi) is 2.05. The summed E-state index contributed by atoms with van der Waals surface area (Å²) in [5.41, 5.74) is -0.427. The van der Waals surface area contributed by atoms with Crippen LogP contribution in [0.25, 0.3) is 0 Å². The molecule has 0 unspecified atom stereocenters. The molecule has 2 N–H and O–H groups in total. The van der Waals surface area contributed by atoms with Crippen molar-refractivity contribution in [2.24, 2.45) is 0 Å². The zero-order valence-corrected chi connectivity index (χ0v) is 5.88. The molecular weight excluding hydrogens is 150 g/mol. The molecule has 0 aliphatic rings. The van der Waals surface area contributed by atoms with Gasteiger partial charge >= 0.3 is 11.7 Å². The van der Waals surface area contributed by atoms with Crippen molar-refractivity contribution in [3.63, 3.8) is 0 Å². The first kappa shape index (κ1) is 7.52. The molecule has 0 spiro atoms. The van der Waals surface area contributed by atoms with E-state index >= 15 is 0 Å². The monoisotopic (exact) mass is 157 g/mol. The average molecular weight is 157 g/mol. The fourth-order valence-electron chi connectivity index (χ4n) is 0.598. The molecule has 1 aromatic rings. The van der Waals surface area contributed by atoms with E-state index in [1.165, 1.54) is 7.11 Å². The molecule has 0 amide bonds. The third kappa shape index (κ3) is 1.92. The maximum Gasteiger partial charge on any atom is 0.340 e. The van der Waals surface area contributed by atoms with Gasteiger partial charge in [0.1, 0.15) is 12.2 Å². The smallest absolute Gasteiger partial charge is 0.340 e. The Morgan fingerprint density at radius 1 is 1.73 bits per heavy atom. The van der Waals surface area contributed by atoms with Gasteiger partial charge in [0.15, 0.2) is 0 Å². The van der Waals surface area contributed by atoms with Crippen molar-refractivity contribution >= 4 is 5.97 Å². The van der Waals surface area contributed by atoms with Crippen LogP contribution in [0.15, 0.2) is 4.79 Å². The number of ether oxygens (including phenoxy) is 1. The molecule has 0 bridgehead atoms. The molecule has 1 rings (SSSR count). The third-order valence-electron chi connectivity index (χ3n) is 1.09. The second-order valence-electron chi connectivity index (χ2n) is 1.88. The highest BCUT2D eigenvalue weighted by Gasteiger charge is 2.04. The predicted octanol–water partition coefficient (Wildman–Crippen LogP) is -1.19. The van der Waals surface area contributed by atoms with Gasteiger partial charge in [-0.3, -0.25) is 9.78 Å². The number of carbonyl (C=O) groups is 1. The van der Waals surface area contributed by atoms with Crippen molar-refractivity contribution in [2.45, 2.75) is 6.42 Å². The van der Waals surface area contributed by atoms with Crippen LogP contribution < -0.4 is 5.69 Å². The minimum Gasteiger partial charge on any atom is -0.469 e. The van der Waals surface area contributed by atoms with Crippen molar-refractivity contribution in [3.8, 4) is 0 Å². The zero-order valence-electron chi connectivity index (χ0n) is 5.88. The molecule has 0 saturated heterocycles. The highest BCUT2D eigenvalue weighted by atomic mass is 16.5. The summed E-state index contributed by atoms with van der Waals surface area (Å²) in [4.78, 5) is 23.3. The average Bonchev–Trinajstić information content (AvgIpc) is 2.35. The number of nitrogens with zero attached hydrogens (tertiary/aromatic N) is 1. The lowest BCUT2D eigenvalue weighted by atomic mass is 10.4. The van der Waals surface area contributed by atoms with E-state index in [0.29, 0.717) is 0 Å². The van der Waals surface area contributed by atoms with Crippen LogP contribution in [0.4, 0.5) is 0 Å². The summed E-state index contributed by atoms with van der Waals surface area (Å²) in [5, 5.41) is 5.64. The fourth-order valence-corrected chi connectivity index (χ4v) is 0.598.